The summed E-state index contributed by atoms with van der Waals surface area (Å²) in [5, 5.41) is 0.651. The molecule has 0 radical (unpaired) electrons. The van der Waals surface area contributed by atoms with E-state index in [1.54, 1.807) is 6.07 Å². The second-order valence-electron chi connectivity index (χ2n) is 6.17. The van der Waals surface area contributed by atoms with E-state index in [2.05, 4.69) is 19.7 Å². The largest absolute Gasteiger partial charge is 0.343 e. The van der Waals surface area contributed by atoms with Gasteiger partial charge in [0.25, 0.3) is 10.0 Å². The van der Waals surface area contributed by atoms with Crippen LogP contribution in [-0.4, -0.2) is 23.4 Å². The molecule has 2 aromatic heterocycles. The molecule has 4 rings (SSSR count). The van der Waals surface area contributed by atoms with Gasteiger partial charge in [-0.3, -0.25) is 4.72 Å². The molecule has 0 bridgehead atoms. The molecule has 9 heteroatoms. The number of nitrogens with zero attached hydrogens (tertiary/aromatic N) is 2. The van der Waals surface area contributed by atoms with Crippen molar-refractivity contribution in [3.63, 3.8) is 0 Å². The molecule has 0 aliphatic carbocycles. The number of sulfonamides is 1. The highest BCUT2D eigenvalue weighted by molar-refractivity contribution is 7.92. The lowest BCUT2D eigenvalue weighted by Crippen LogP contribution is -2.14. The minimum Gasteiger partial charge on any atom is -0.343 e. The van der Waals surface area contributed by atoms with Gasteiger partial charge in [0.1, 0.15) is 28.5 Å². The van der Waals surface area contributed by atoms with Gasteiger partial charge >= 0.3 is 0 Å². The van der Waals surface area contributed by atoms with Crippen LogP contribution < -0.4 is 4.72 Å². The summed E-state index contributed by atoms with van der Waals surface area (Å²) in [4.78, 5) is 10.8. The van der Waals surface area contributed by atoms with Crippen molar-refractivity contribution in [2.75, 3.05) is 4.72 Å². The highest BCUT2D eigenvalue weighted by Crippen LogP contribution is 2.30. The highest BCUT2D eigenvalue weighted by Gasteiger charge is 2.20. The molecule has 0 fully saturated rings. The Hall–Kier alpha value is -3.33. The molecule has 0 unspecified atom stereocenters. The quantitative estimate of drug-likeness (QED) is 0.542. The first kappa shape index (κ1) is 18.1. The lowest BCUT2D eigenvalue weighted by atomic mass is 10.1. The summed E-state index contributed by atoms with van der Waals surface area (Å²) in [5.41, 5.74) is 1.98. The van der Waals surface area contributed by atoms with Crippen LogP contribution in [0.3, 0.4) is 0 Å². The standard InChI is InChI=1S/C19H14F2N4O2S/c1-11-8-14-18(22-10-23-19(14)24-11)13-7-6-12(9-16(13)21)25-28(26,27)17-5-3-2-4-15(17)20/h2-10,25H,1H3,(H,22,23,24). The van der Waals surface area contributed by atoms with E-state index in [4.69, 9.17) is 0 Å². The molecule has 142 valence electrons. The zero-order valence-corrected chi connectivity index (χ0v) is 15.4. The normalized spacial score (nSPS) is 11.7. The third kappa shape index (κ3) is 3.20. The van der Waals surface area contributed by atoms with Gasteiger partial charge in [-0.15, -0.1) is 0 Å². The van der Waals surface area contributed by atoms with Crippen molar-refractivity contribution in [2.45, 2.75) is 11.8 Å². The molecule has 0 aliphatic heterocycles. The van der Waals surface area contributed by atoms with E-state index in [0.717, 1.165) is 23.9 Å². The summed E-state index contributed by atoms with van der Waals surface area (Å²) >= 11 is 0. The Morgan fingerprint density at radius 2 is 1.79 bits per heavy atom. The van der Waals surface area contributed by atoms with Crippen LogP contribution in [0.5, 0.6) is 0 Å². The van der Waals surface area contributed by atoms with E-state index in [9.17, 15) is 17.2 Å². The molecule has 0 aliphatic rings. The SMILES string of the molecule is Cc1cc2c(-c3ccc(NS(=O)(=O)c4ccccc4F)cc3F)ncnc2[nH]1. The molecule has 2 heterocycles. The van der Waals surface area contributed by atoms with Crippen LogP contribution in [-0.2, 0) is 10.0 Å². The number of benzene rings is 2. The number of nitrogens with one attached hydrogen (secondary N) is 2. The summed E-state index contributed by atoms with van der Waals surface area (Å²) < 4.78 is 55.5. The summed E-state index contributed by atoms with van der Waals surface area (Å²) in [6.07, 6.45) is 1.32. The van der Waals surface area contributed by atoms with Crippen molar-refractivity contribution in [3.05, 3.63) is 72.2 Å². The Balaban J connectivity index is 1.71. The van der Waals surface area contributed by atoms with Crippen molar-refractivity contribution >= 4 is 26.7 Å². The third-order valence-corrected chi connectivity index (χ3v) is 5.58. The zero-order chi connectivity index (χ0) is 19.9. The Bertz CT molecular complexity index is 1300. The van der Waals surface area contributed by atoms with E-state index in [1.807, 2.05) is 6.92 Å². The highest BCUT2D eigenvalue weighted by atomic mass is 32.2. The van der Waals surface area contributed by atoms with Gasteiger partial charge in [-0.25, -0.2) is 27.2 Å². The number of hydrogen-bond acceptors (Lipinski definition) is 4. The predicted molar refractivity (Wildman–Crippen MR) is 101 cm³/mol. The smallest absolute Gasteiger partial charge is 0.264 e. The Labute approximate surface area is 159 Å². The molecule has 2 N–H and O–H groups in total. The molecular weight excluding hydrogens is 386 g/mol. The fraction of sp³-hybridized carbons (Fsp3) is 0.0526. The monoisotopic (exact) mass is 400 g/mol. The topological polar surface area (TPSA) is 87.7 Å². The number of rotatable bonds is 4. The van der Waals surface area contributed by atoms with Crippen LogP contribution in [0.4, 0.5) is 14.5 Å². The average Bonchev–Trinajstić information content (AvgIpc) is 3.02. The number of aromatic nitrogens is 3. The maximum Gasteiger partial charge on any atom is 0.264 e. The molecule has 0 atom stereocenters. The second kappa shape index (κ2) is 6.68. The lowest BCUT2D eigenvalue weighted by molar-refractivity contribution is 0.570. The van der Waals surface area contributed by atoms with Gasteiger partial charge in [-0.05, 0) is 43.3 Å². The van der Waals surface area contributed by atoms with Crippen molar-refractivity contribution < 1.29 is 17.2 Å². The molecule has 6 nitrogen and oxygen atoms in total. The number of anilines is 1. The maximum atomic E-state index is 14.7. The number of aryl methyl sites for hydroxylation is 1. The number of aromatic amines is 1. The molecule has 0 amide bonds. The van der Waals surface area contributed by atoms with Gasteiger partial charge in [0, 0.05) is 16.6 Å². The van der Waals surface area contributed by atoms with E-state index in [-0.39, 0.29) is 11.3 Å². The molecule has 0 spiro atoms. The summed E-state index contributed by atoms with van der Waals surface area (Å²) in [5.74, 6) is -1.56. The van der Waals surface area contributed by atoms with Gasteiger partial charge < -0.3 is 4.98 Å². The summed E-state index contributed by atoms with van der Waals surface area (Å²) in [6.45, 7) is 1.85. The average molecular weight is 400 g/mol. The van der Waals surface area contributed by atoms with Crippen molar-refractivity contribution in [3.8, 4) is 11.3 Å². The Morgan fingerprint density at radius 3 is 2.54 bits per heavy atom. The molecule has 0 saturated carbocycles. The van der Waals surface area contributed by atoms with Gasteiger partial charge in [0.2, 0.25) is 0 Å². The van der Waals surface area contributed by atoms with Gasteiger partial charge in [0.05, 0.1) is 11.4 Å². The van der Waals surface area contributed by atoms with E-state index < -0.39 is 26.6 Å². The Morgan fingerprint density at radius 1 is 1.00 bits per heavy atom. The minimum absolute atomic E-state index is 0.0277. The summed E-state index contributed by atoms with van der Waals surface area (Å²) in [6, 6.07) is 10.6. The van der Waals surface area contributed by atoms with Crippen LogP contribution >= 0.6 is 0 Å². The third-order valence-electron chi connectivity index (χ3n) is 4.16. The molecular formula is C19H14F2N4O2S. The molecule has 28 heavy (non-hydrogen) atoms. The van der Waals surface area contributed by atoms with Gasteiger partial charge in [-0.2, -0.15) is 0 Å². The fourth-order valence-electron chi connectivity index (χ4n) is 2.93. The van der Waals surface area contributed by atoms with E-state index >= 15 is 0 Å². The van der Waals surface area contributed by atoms with E-state index in [1.165, 1.54) is 30.6 Å². The number of halogens is 2. The fourth-order valence-corrected chi connectivity index (χ4v) is 4.06. The summed E-state index contributed by atoms with van der Waals surface area (Å²) in [7, 11) is -4.19. The van der Waals surface area contributed by atoms with Gasteiger partial charge in [-0.1, -0.05) is 12.1 Å². The zero-order valence-electron chi connectivity index (χ0n) is 14.6. The van der Waals surface area contributed by atoms with Crippen LogP contribution in [0.15, 0.2) is 59.8 Å². The van der Waals surface area contributed by atoms with E-state index in [0.29, 0.717) is 16.7 Å². The van der Waals surface area contributed by atoms with Gasteiger partial charge in [0.15, 0.2) is 0 Å². The number of H-pyrrole nitrogens is 1. The van der Waals surface area contributed by atoms with Crippen LogP contribution in [0, 0.1) is 18.6 Å². The first-order valence-electron chi connectivity index (χ1n) is 8.23. The maximum absolute atomic E-state index is 14.7. The number of hydrogen-bond donors (Lipinski definition) is 2. The van der Waals surface area contributed by atoms with Crippen molar-refractivity contribution in [1.82, 2.24) is 15.0 Å². The molecule has 2 aromatic carbocycles. The second-order valence-corrected chi connectivity index (χ2v) is 7.82. The van der Waals surface area contributed by atoms with Crippen molar-refractivity contribution in [2.24, 2.45) is 0 Å². The number of fused-ring (bicyclic) bond motifs is 1. The predicted octanol–water partition coefficient (Wildman–Crippen LogP) is 4.01. The Kier molecular flexibility index (Phi) is 4.31. The first-order chi connectivity index (χ1) is 13.3. The first-order valence-corrected chi connectivity index (χ1v) is 9.71. The minimum atomic E-state index is -4.19. The molecule has 4 aromatic rings. The van der Waals surface area contributed by atoms with Crippen LogP contribution in [0.1, 0.15) is 5.69 Å². The van der Waals surface area contributed by atoms with Crippen LogP contribution in [0.2, 0.25) is 0 Å². The molecule has 0 saturated heterocycles. The van der Waals surface area contributed by atoms with Crippen molar-refractivity contribution in [1.29, 1.82) is 0 Å². The van der Waals surface area contributed by atoms with Crippen LogP contribution in [0.25, 0.3) is 22.3 Å². The lowest BCUT2D eigenvalue weighted by Gasteiger charge is -2.10.